The van der Waals surface area contributed by atoms with E-state index in [0.717, 1.165) is 48.8 Å². The summed E-state index contributed by atoms with van der Waals surface area (Å²) >= 11 is 0. The molecule has 0 bridgehead atoms. The van der Waals surface area contributed by atoms with E-state index in [0.29, 0.717) is 42.4 Å². The van der Waals surface area contributed by atoms with E-state index in [1.165, 1.54) is 6.07 Å². The number of aliphatic carboxylic acids is 1. The van der Waals surface area contributed by atoms with E-state index in [2.05, 4.69) is 23.9 Å². The number of carboxylic acid groups (broad SMARTS) is 1. The Morgan fingerprint density at radius 2 is 1.79 bits per heavy atom. The highest BCUT2D eigenvalue weighted by atomic mass is 19.4. The number of benzene rings is 2. The molecule has 2 aromatic carbocycles. The lowest BCUT2D eigenvalue weighted by molar-refractivity contribution is -0.147. The zero-order valence-electron chi connectivity index (χ0n) is 22.4. The van der Waals surface area contributed by atoms with Crippen LogP contribution in [0.4, 0.5) is 13.2 Å². The summed E-state index contributed by atoms with van der Waals surface area (Å²) in [5, 5.41) is 13.3. The number of likely N-dealkylation sites (tertiary alicyclic amines) is 1. The van der Waals surface area contributed by atoms with E-state index in [9.17, 15) is 18.0 Å². The summed E-state index contributed by atoms with van der Waals surface area (Å²) in [6.07, 6.45) is -0.0710. The number of carbonyl (C=O) groups is 1. The van der Waals surface area contributed by atoms with Crippen molar-refractivity contribution in [2.75, 3.05) is 13.1 Å². The molecule has 0 unspecified atom stereocenters. The van der Waals surface area contributed by atoms with Gasteiger partial charge in [0.2, 0.25) is 0 Å². The van der Waals surface area contributed by atoms with Crippen LogP contribution in [-0.2, 0) is 35.4 Å². The standard InChI is InChI=1S/C30H37F3N2O3/c1-4-22-14-24(10-11-25(22)15-35-16-26(17-35)29(36)37)20(3)34-38-18-21-7-12-27(28(13-21)30(31,32)33)23-8-5-19(2)6-9-23/h7,10-14,19,23,26H,4-6,8-9,15-18H2,1-3H3,(H,36,37)/b34-20+. The average molecular weight is 531 g/mol. The van der Waals surface area contributed by atoms with E-state index in [4.69, 9.17) is 9.94 Å². The quantitative estimate of drug-likeness (QED) is 0.280. The lowest BCUT2D eigenvalue weighted by atomic mass is 9.78. The van der Waals surface area contributed by atoms with Crippen molar-refractivity contribution in [2.45, 2.75) is 78.1 Å². The number of oxime groups is 1. The SMILES string of the molecule is CCc1cc(/C(C)=N/OCc2ccc(C3CCC(C)CC3)c(C(F)(F)F)c2)ccc1CN1CC(C(=O)O)C1. The average Bonchev–Trinajstić information content (AvgIpc) is 2.85. The summed E-state index contributed by atoms with van der Waals surface area (Å²) in [6, 6.07) is 10.6. The predicted molar refractivity (Wildman–Crippen MR) is 141 cm³/mol. The molecule has 2 aromatic rings. The Kier molecular flexibility index (Phi) is 8.81. The maximum absolute atomic E-state index is 13.9. The third kappa shape index (κ3) is 6.76. The largest absolute Gasteiger partial charge is 0.481 e. The Bertz CT molecular complexity index is 1160. The fraction of sp³-hybridized carbons (Fsp3) is 0.533. The van der Waals surface area contributed by atoms with Crippen LogP contribution in [0.2, 0.25) is 0 Å². The number of hydrogen-bond acceptors (Lipinski definition) is 4. The normalized spacial score (nSPS) is 21.3. The highest BCUT2D eigenvalue weighted by molar-refractivity contribution is 5.98. The van der Waals surface area contributed by atoms with Gasteiger partial charge in [-0.3, -0.25) is 9.69 Å². The van der Waals surface area contributed by atoms with Crippen molar-refractivity contribution in [1.29, 1.82) is 0 Å². The van der Waals surface area contributed by atoms with Gasteiger partial charge in [-0.1, -0.05) is 56.1 Å². The lowest BCUT2D eigenvalue weighted by Crippen LogP contribution is -2.49. The molecule has 0 amide bonds. The Morgan fingerprint density at radius 3 is 2.42 bits per heavy atom. The van der Waals surface area contributed by atoms with Gasteiger partial charge in [0.1, 0.15) is 6.61 Å². The van der Waals surface area contributed by atoms with Crippen LogP contribution in [0.25, 0.3) is 0 Å². The van der Waals surface area contributed by atoms with Gasteiger partial charge in [0, 0.05) is 19.6 Å². The number of aryl methyl sites for hydroxylation is 1. The molecule has 4 rings (SSSR count). The maximum Gasteiger partial charge on any atom is 0.416 e. The minimum absolute atomic E-state index is 0.0408. The van der Waals surface area contributed by atoms with Crippen LogP contribution in [0.1, 0.15) is 85.8 Å². The smallest absolute Gasteiger partial charge is 0.416 e. The van der Waals surface area contributed by atoms with Crippen molar-refractivity contribution in [3.8, 4) is 0 Å². The van der Waals surface area contributed by atoms with E-state index in [1.54, 1.807) is 12.1 Å². The first-order valence-corrected chi connectivity index (χ1v) is 13.5. The number of halogens is 3. The number of rotatable bonds is 9. The minimum Gasteiger partial charge on any atom is -0.481 e. The zero-order valence-corrected chi connectivity index (χ0v) is 22.4. The Balaban J connectivity index is 1.40. The first-order valence-electron chi connectivity index (χ1n) is 13.5. The van der Waals surface area contributed by atoms with Crippen molar-refractivity contribution in [3.05, 3.63) is 69.8 Å². The maximum atomic E-state index is 13.9. The summed E-state index contributed by atoms with van der Waals surface area (Å²) in [6.45, 7) is 7.83. The molecule has 1 aliphatic heterocycles. The predicted octanol–water partition coefficient (Wildman–Crippen LogP) is 7.02. The van der Waals surface area contributed by atoms with Crippen molar-refractivity contribution >= 4 is 11.7 Å². The molecule has 2 fully saturated rings. The highest BCUT2D eigenvalue weighted by Gasteiger charge is 2.36. The topological polar surface area (TPSA) is 62.1 Å². The summed E-state index contributed by atoms with van der Waals surface area (Å²) < 4.78 is 41.7. The van der Waals surface area contributed by atoms with Gasteiger partial charge in [0.15, 0.2) is 0 Å². The summed E-state index contributed by atoms with van der Waals surface area (Å²) in [5.74, 6) is -0.506. The van der Waals surface area contributed by atoms with Crippen molar-refractivity contribution in [3.63, 3.8) is 0 Å². The van der Waals surface area contributed by atoms with Crippen molar-refractivity contribution in [1.82, 2.24) is 4.90 Å². The number of alkyl halides is 3. The summed E-state index contributed by atoms with van der Waals surface area (Å²) in [4.78, 5) is 18.7. The lowest BCUT2D eigenvalue weighted by Gasteiger charge is -2.37. The highest BCUT2D eigenvalue weighted by Crippen LogP contribution is 2.42. The van der Waals surface area contributed by atoms with E-state index < -0.39 is 17.7 Å². The van der Waals surface area contributed by atoms with Crippen LogP contribution in [-0.4, -0.2) is 34.8 Å². The summed E-state index contributed by atoms with van der Waals surface area (Å²) in [7, 11) is 0. The van der Waals surface area contributed by atoms with Crippen LogP contribution in [0.5, 0.6) is 0 Å². The van der Waals surface area contributed by atoms with E-state index in [1.807, 2.05) is 25.1 Å². The third-order valence-corrected chi connectivity index (χ3v) is 8.02. The minimum atomic E-state index is -4.41. The molecule has 1 aliphatic carbocycles. The van der Waals surface area contributed by atoms with E-state index in [-0.39, 0.29) is 18.4 Å². The molecule has 38 heavy (non-hydrogen) atoms. The zero-order chi connectivity index (χ0) is 27.4. The number of nitrogens with zero attached hydrogens (tertiary/aromatic N) is 2. The van der Waals surface area contributed by atoms with Crippen LogP contribution < -0.4 is 0 Å². The Morgan fingerprint density at radius 1 is 1.08 bits per heavy atom. The van der Waals surface area contributed by atoms with Gasteiger partial charge in [0.25, 0.3) is 0 Å². The molecule has 0 radical (unpaired) electrons. The van der Waals surface area contributed by atoms with Gasteiger partial charge in [0.05, 0.1) is 17.2 Å². The number of carboxylic acids is 1. The van der Waals surface area contributed by atoms with Crippen LogP contribution in [0.3, 0.4) is 0 Å². The second-order valence-corrected chi connectivity index (χ2v) is 10.9. The molecule has 0 atom stereocenters. The van der Waals surface area contributed by atoms with Crippen LogP contribution in [0, 0.1) is 11.8 Å². The molecule has 1 N–H and O–H groups in total. The fourth-order valence-corrected chi connectivity index (χ4v) is 5.55. The molecular weight excluding hydrogens is 493 g/mol. The van der Waals surface area contributed by atoms with E-state index >= 15 is 0 Å². The molecule has 2 aliphatic rings. The van der Waals surface area contributed by atoms with Gasteiger partial charge in [-0.2, -0.15) is 13.2 Å². The van der Waals surface area contributed by atoms with Gasteiger partial charge in [-0.05, 0) is 78.0 Å². The van der Waals surface area contributed by atoms with Gasteiger partial charge < -0.3 is 9.94 Å². The molecule has 206 valence electrons. The van der Waals surface area contributed by atoms with Gasteiger partial charge >= 0.3 is 12.1 Å². The summed E-state index contributed by atoms with van der Waals surface area (Å²) in [5.41, 5.74) is 4.12. The molecular formula is C30H37F3N2O3. The van der Waals surface area contributed by atoms with Crippen molar-refractivity contribution in [2.24, 2.45) is 17.0 Å². The molecule has 0 aromatic heterocycles. The Hall–Kier alpha value is -2.87. The molecule has 0 spiro atoms. The molecule has 1 saturated heterocycles. The van der Waals surface area contributed by atoms with Gasteiger partial charge in [-0.25, -0.2) is 0 Å². The molecule has 5 nitrogen and oxygen atoms in total. The first-order chi connectivity index (χ1) is 18.0. The second kappa shape index (κ2) is 11.9. The molecule has 8 heteroatoms. The molecule has 1 saturated carbocycles. The van der Waals surface area contributed by atoms with Crippen molar-refractivity contribution < 1.29 is 27.9 Å². The monoisotopic (exact) mass is 530 g/mol. The van der Waals surface area contributed by atoms with Gasteiger partial charge in [-0.15, -0.1) is 0 Å². The Labute approximate surface area is 222 Å². The molecule has 1 heterocycles. The number of hydrogen-bond donors (Lipinski definition) is 1. The van der Waals surface area contributed by atoms with Crippen LogP contribution in [0.15, 0.2) is 41.6 Å². The second-order valence-electron chi connectivity index (χ2n) is 10.9. The third-order valence-electron chi connectivity index (χ3n) is 8.02. The first kappa shape index (κ1) is 28.1. The van der Waals surface area contributed by atoms with Crippen LogP contribution >= 0.6 is 0 Å². The fourth-order valence-electron chi connectivity index (χ4n) is 5.55.